The van der Waals surface area contributed by atoms with Gasteiger partial charge in [0.2, 0.25) is 0 Å². The zero-order chi connectivity index (χ0) is 22.5. The van der Waals surface area contributed by atoms with E-state index >= 15 is 0 Å². The molecule has 2 aromatic heterocycles. The van der Waals surface area contributed by atoms with E-state index < -0.39 is 0 Å². The lowest BCUT2D eigenvalue weighted by molar-refractivity contribution is -0.137. The van der Waals surface area contributed by atoms with Crippen molar-refractivity contribution in [3.63, 3.8) is 0 Å². The van der Waals surface area contributed by atoms with Crippen molar-refractivity contribution in [1.82, 2.24) is 24.5 Å². The van der Waals surface area contributed by atoms with E-state index in [2.05, 4.69) is 14.6 Å². The SMILES string of the molecule is COC(=O)CSc1ncc(-c2ccc(F)cc2)c([C@@H]2CCCN(C(=O)c3csnn3)C2)n1. The summed E-state index contributed by atoms with van der Waals surface area (Å²) in [6, 6.07) is 6.16. The molecule has 0 unspecified atom stereocenters. The van der Waals surface area contributed by atoms with Crippen LogP contribution in [0.3, 0.4) is 0 Å². The van der Waals surface area contributed by atoms with Gasteiger partial charge in [-0.1, -0.05) is 28.4 Å². The summed E-state index contributed by atoms with van der Waals surface area (Å²) in [5.74, 6) is -0.791. The first-order valence-electron chi connectivity index (χ1n) is 9.94. The van der Waals surface area contributed by atoms with E-state index in [9.17, 15) is 14.0 Å². The van der Waals surface area contributed by atoms with Crippen molar-refractivity contribution in [2.45, 2.75) is 23.9 Å². The zero-order valence-electron chi connectivity index (χ0n) is 17.2. The number of methoxy groups -OCH3 is 1. The highest BCUT2D eigenvalue weighted by atomic mass is 32.2. The lowest BCUT2D eigenvalue weighted by atomic mass is 9.90. The number of thioether (sulfide) groups is 1. The molecule has 0 saturated carbocycles. The van der Waals surface area contributed by atoms with Crippen LogP contribution in [0.25, 0.3) is 11.1 Å². The minimum atomic E-state index is -0.367. The first-order valence-corrected chi connectivity index (χ1v) is 11.8. The van der Waals surface area contributed by atoms with E-state index in [1.165, 1.54) is 31.0 Å². The third-order valence-electron chi connectivity index (χ3n) is 5.17. The summed E-state index contributed by atoms with van der Waals surface area (Å²) in [4.78, 5) is 35.2. The van der Waals surface area contributed by atoms with Crippen LogP contribution in [-0.4, -0.2) is 62.3 Å². The van der Waals surface area contributed by atoms with Crippen LogP contribution in [0.15, 0.2) is 41.0 Å². The van der Waals surface area contributed by atoms with Gasteiger partial charge in [0.1, 0.15) is 5.82 Å². The van der Waals surface area contributed by atoms with E-state index in [1.54, 1.807) is 28.6 Å². The predicted molar refractivity (Wildman–Crippen MR) is 118 cm³/mol. The van der Waals surface area contributed by atoms with E-state index in [4.69, 9.17) is 9.72 Å². The molecule has 11 heteroatoms. The lowest BCUT2D eigenvalue weighted by Crippen LogP contribution is -2.39. The van der Waals surface area contributed by atoms with Gasteiger partial charge in [0.25, 0.3) is 5.91 Å². The number of hydrogen-bond acceptors (Lipinski definition) is 9. The van der Waals surface area contributed by atoms with Crippen LogP contribution >= 0.6 is 23.3 Å². The zero-order valence-corrected chi connectivity index (χ0v) is 18.9. The first-order chi connectivity index (χ1) is 15.5. The summed E-state index contributed by atoms with van der Waals surface area (Å²) < 4.78 is 21.9. The van der Waals surface area contributed by atoms with E-state index in [0.29, 0.717) is 23.9 Å². The molecule has 0 aliphatic carbocycles. The molecule has 0 N–H and O–H groups in total. The number of carbonyl (C=O) groups excluding carboxylic acids is 2. The minimum absolute atomic E-state index is 0.0418. The van der Waals surface area contributed by atoms with Crippen molar-refractivity contribution in [3.8, 4) is 11.1 Å². The van der Waals surface area contributed by atoms with Crippen LogP contribution in [0, 0.1) is 5.82 Å². The van der Waals surface area contributed by atoms with Gasteiger partial charge in [-0.3, -0.25) is 9.59 Å². The Bertz CT molecular complexity index is 1100. The Kier molecular flexibility index (Phi) is 7.05. The number of piperidine rings is 1. The maximum Gasteiger partial charge on any atom is 0.316 e. The van der Waals surface area contributed by atoms with E-state index in [-0.39, 0.29) is 29.4 Å². The van der Waals surface area contributed by atoms with Crippen molar-refractivity contribution < 1.29 is 18.7 Å². The van der Waals surface area contributed by atoms with Crippen molar-refractivity contribution in [2.24, 2.45) is 0 Å². The molecule has 1 amide bonds. The molecule has 0 spiro atoms. The number of ether oxygens (including phenoxy) is 1. The highest BCUT2D eigenvalue weighted by Gasteiger charge is 2.29. The highest BCUT2D eigenvalue weighted by Crippen LogP contribution is 2.34. The van der Waals surface area contributed by atoms with Gasteiger partial charge >= 0.3 is 5.97 Å². The molecule has 8 nitrogen and oxygen atoms in total. The van der Waals surface area contributed by atoms with E-state index in [1.807, 2.05) is 0 Å². The minimum Gasteiger partial charge on any atom is -0.468 e. The summed E-state index contributed by atoms with van der Waals surface area (Å²) in [5, 5.41) is 5.98. The predicted octanol–water partition coefficient (Wildman–Crippen LogP) is 3.42. The Morgan fingerprint density at radius 1 is 1.31 bits per heavy atom. The number of nitrogens with zero attached hydrogens (tertiary/aromatic N) is 5. The van der Waals surface area contributed by atoms with Crippen molar-refractivity contribution in [2.75, 3.05) is 26.0 Å². The molecule has 32 heavy (non-hydrogen) atoms. The van der Waals surface area contributed by atoms with Crippen molar-refractivity contribution in [1.29, 1.82) is 0 Å². The Hall–Kier alpha value is -2.92. The Morgan fingerprint density at radius 2 is 2.12 bits per heavy atom. The van der Waals surface area contributed by atoms with Gasteiger partial charge in [0, 0.05) is 36.1 Å². The molecule has 1 fully saturated rings. The Balaban J connectivity index is 1.64. The van der Waals surface area contributed by atoms with Crippen molar-refractivity contribution in [3.05, 3.63) is 53.0 Å². The number of rotatable bonds is 6. The maximum atomic E-state index is 13.5. The van der Waals surface area contributed by atoms with Crippen molar-refractivity contribution >= 4 is 35.2 Å². The van der Waals surface area contributed by atoms with E-state index in [0.717, 1.165) is 41.2 Å². The summed E-state index contributed by atoms with van der Waals surface area (Å²) >= 11 is 2.33. The topological polar surface area (TPSA) is 98.2 Å². The highest BCUT2D eigenvalue weighted by molar-refractivity contribution is 7.99. The molecule has 0 bridgehead atoms. The quantitative estimate of drug-likeness (QED) is 0.305. The molecule has 3 heterocycles. The van der Waals surface area contributed by atoms with Gasteiger partial charge in [-0.2, -0.15) is 0 Å². The van der Waals surface area contributed by atoms with Crippen LogP contribution in [0.4, 0.5) is 4.39 Å². The van der Waals surface area contributed by atoms with Crippen LogP contribution in [0.5, 0.6) is 0 Å². The second-order valence-corrected chi connectivity index (χ2v) is 8.76. The fraction of sp³-hybridized carbons (Fsp3) is 0.333. The monoisotopic (exact) mass is 473 g/mol. The average Bonchev–Trinajstić information content (AvgIpc) is 3.37. The fourth-order valence-corrected chi connectivity index (χ4v) is 4.68. The molecule has 1 aliphatic heterocycles. The number of benzene rings is 1. The van der Waals surface area contributed by atoms with Crippen LogP contribution in [0.2, 0.25) is 0 Å². The second-order valence-electron chi connectivity index (χ2n) is 7.20. The maximum absolute atomic E-state index is 13.5. The molecule has 1 aromatic carbocycles. The first kappa shape index (κ1) is 22.3. The molecule has 0 radical (unpaired) electrons. The number of halogens is 1. The molecule has 1 aliphatic rings. The molecule has 1 saturated heterocycles. The van der Waals surface area contributed by atoms with Gasteiger partial charge in [-0.05, 0) is 42.1 Å². The van der Waals surface area contributed by atoms with Gasteiger partial charge in [-0.25, -0.2) is 14.4 Å². The number of hydrogen-bond donors (Lipinski definition) is 0. The number of aromatic nitrogens is 4. The average molecular weight is 474 g/mol. The smallest absolute Gasteiger partial charge is 0.316 e. The molecule has 166 valence electrons. The van der Waals surface area contributed by atoms with Gasteiger partial charge in [-0.15, -0.1) is 5.10 Å². The normalized spacial score (nSPS) is 16.1. The Labute approximate surface area is 192 Å². The van der Waals surface area contributed by atoms with Gasteiger partial charge in [0.15, 0.2) is 10.9 Å². The standard InChI is InChI=1S/C21H20FN5O3S2/c1-30-18(28)12-31-21-23-9-16(13-4-6-15(22)7-5-13)19(24-21)14-3-2-8-27(10-14)20(29)17-11-32-26-25-17/h4-7,9,11,14H,2-3,8,10,12H2,1H3/t14-/m1/s1. The lowest BCUT2D eigenvalue weighted by Gasteiger charge is -2.33. The summed E-state index contributed by atoms with van der Waals surface area (Å²) in [7, 11) is 1.33. The van der Waals surface area contributed by atoms with Crippen LogP contribution in [0.1, 0.15) is 34.9 Å². The fourth-order valence-electron chi connectivity index (χ4n) is 3.60. The molecule has 3 aromatic rings. The number of likely N-dealkylation sites (tertiary alicyclic amines) is 1. The number of esters is 1. The molecule has 4 rings (SSSR count). The molecule has 1 atom stereocenters. The number of carbonyl (C=O) groups is 2. The summed E-state index contributed by atoms with van der Waals surface area (Å²) in [5.41, 5.74) is 2.68. The molecular weight excluding hydrogens is 453 g/mol. The summed E-state index contributed by atoms with van der Waals surface area (Å²) in [6.45, 7) is 1.11. The molecular formula is C21H20FN5O3S2. The summed E-state index contributed by atoms with van der Waals surface area (Å²) in [6.07, 6.45) is 3.34. The Morgan fingerprint density at radius 3 is 2.84 bits per heavy atom. The van der Waals surface area contributed by atoms with Crippen LogP contribution < -0.4 is 0 Å². The number of amides is 1. The second kappa shape index (κ2) is 10.1. The third-order valence-corrected chi connectivity index (χ3v) is 6.51. The third kappa shape index (κ3) is 5.10. The van der Waals surface area contributed by atoms with Crippen LogP contribution in [-0.2, 0) is 9.53 Å². The largest absolute Gasteiger partial charge is 0.468 e. The van der Waals surface area contributed by atoms with Gasteiger partial charge < -0.3 is 9.64 Å². The van der Waals surface area contributed by atoms with Gasteiger partial charge in [0.05, 0.1) is 18.6 Å².